The lowest BCUT2D eigenvalue weighted by Gasteiger charge is -2.47. The number of morpholine rings is 1. The molecular weight excluding hydrogens is 344 g/mol. The summed E-state index contributed by atoms with van der Waals surface area (Å²) >= 11 is 0. The number of halogens is 2. The van der Waals surface area contributed by atoms with Crippen molar-refractivity contribution >= 4 is 11.7 Å². The van der Waals surface area contributed by atoms with Crippen molar-refractivity contribution in [2.24, 2.45) is 11.1 Å². The number of hydrogen-bond acceptors (Lipinski definition) is 5. The third-order valence-electron chi connectivity index (χ3n) is 4.84. The molecule has 1 aliphatic carbocycles. The standard InChI is InChI=1S/C18H21F2N3O3/c1-16(2)10-17(9-13(21)14(16)24)11-23(7-8-26-17)15(25)18(19,20)12-3-5-22-6-4-12/h3-6,9H,7-8,10-11,21H2,1-2H3. The first kappa shape index (κ1) is 18.4. The smallest absolute Gasteiger partial charge is 0.350 e. The highest BCUT2D eigenvalue weighted by molar-refractivity contribution is 6.00. The van der Waals surface area contributed by atoms with Gasteiger partial charge < -0.3 is 15.4 Å². The van der Waals surface area contributed by atoms with Crippen molar-refractivity contribution in [1.29, 1.82) is 0 Å². The minimum absolute atomic E-state index is 0.0384. The van der Waals surface area contributed by atoms with Crippen LogP contribution in [0.15, 0.2) is 36.3 Å². The van der Waals surface area contributed by atoms with Gasteiger partial charge in [-0.15, -0.1) is 0 Å². The number of carbonyl (C=O) groups is 2. The van der Waals surface area contributed by atoms with Gasteiger partial charge in [0, 0.05) is 29.9 Å². The summed E-state index contributed by atoms with van der Waals surface area (Å²) in [6.45, 7) is 3.51. The topological polar surface area (TPSA) is 85.5 Å². The molecule has 1 aromatic heterocycles. The molecule has 1 aliphatic heterocycles. The fourth-order valence-corrected chi connectivity index (χ4v) is 3.68. The summed E-state index contributed by atoms with van der Waals surface area (Å²) in [5.41, 5.74) is 3.63. The number of nitrogens with two attached hydrogens (primary N) is 1. The zero-order valence-electron chi connectivity index (χ0n) is 14.7. The van der Waals surface area contributed by atoms with Crippen LogP contribution in [0.25, 0.3) is 0 Å². The number of pyridine rings is 1. The zero-order chi connectivity index (χ0) is 19.2. The van der Waals surface area contributed by atoms with E-state index in [2.05, 4.69) is 4.98 Å². The number of nitrogens with zero attached hydrogens (tertiary/aromatic N) is 2. The Kier molecular flexibility index (Phi) is 4.34. The second-order valence-electron chi connectivity index (χ2n) is 7.44. The fraction of sp³-hybridized carbons (Fsp3) is 0.500. The summed E-state index contributed by atoms with van der Waals surface area (Å²) in [7, 11) is 0. The molecule has 0 bridgehead atoms. The van der Waals surface area contributed by atoms with Crippen LogP contribution in [-0.2, 0) is 20.2 Å². The Labute approximate surface area is 150 Å². The van der Waals surface area contributed by atoms with E-state index in [1.54, 1.807) is 13.8 Å². The molecule has 1 atom stereocenters. The molecule has 0 radical (unpaired) electrons. The maximum Gasteiger partial charge on any atom is 0.350 e. The van der Waals surface area contributed by atoms with Crippen molar-refractivity contribution in [3.05, 3.63) is 41.9 Å². The first-order valence-corrected chi connectivity index (χ1v) is 8.32. The van der Waals surface area contributed by atoms with Crippen LogP contribution in [0.5, 0.6) is 0 Å². The zero-order valence-corrected chi connectivity index (χ0v) is 14.7. The number of hydrogen-bond donors (Lipinski definition) is 1. The minimum atomic E-state index is -3.67. The lowest BCUT2D eigenvalue weighted by Crippen LogP contribution is -2.59. The van der Waals surface area contributed by atoms with Gasteiger partial charge in [-0.05, 0) is 24.6 Å². The van der Waals surface area contributed by atoms with Crippen molar-refractivity contribution in [3.8, 4) is 0 Å². The summed E-state index contributed by atoms with van der Waals surface area (Å²) < 4.78 is 35.1. The molecule has 3 rings (SSSR count). The highest BCUT2D eigenvalue weighted by Gasteiger charge is 2.51. The van der Waals surface area contributed by atoms with Crippen LogP contribution in [0, 0.1) is 5.41 Å². The summed E-state index contributed by atoms with van der Waals surface area (Å²) in [6, 6.07) is 2.24. The van der Waals surface area contributed by atoms with E-state index < -0.39 is 28.4 Å². The number of rotatable bonds is 2. The van der Waals surface area contributed by atoms with Gasteiger partial charge in [-0.2, -0.15) is 8.78 Å². The number of Topliss-reactive ketones (excluding diaryl/α,β-unsaturated/α-hetero) is 1. The summed E-state index contributed by atoms with van der Waals surface area (Å²) in [5.74, 6) is -5.18. The lowest BCUT2D eigenvalue weighted by molar-refractivity contribution is -0.173. The molecule has 1 aromatic rings. The average molecular weight is 365 g/mol. The largest absolute Gasteiger partial charge is 0.396 e. The molecule has 2 aliphatic rings. The third-order valence-corrected chi connectivity index (χ3v) is 4.84. The molecule has 0 saturated carbocycles. The molecule has 8 heteroatoms. The molecule has 6 nitrogen and oxygen atoms in total. The van der Waals surface area contributed by atoms with E-state index >= 15 is 0 Å². The highest BCUT2D eigenvalue weighted by atomic mass is 19.3. The molecule has 1 amide bonds. The maximum absolute atomic E-state index is 14.6. The van der Waals surface area contributed by atoms with Crippen LogP contribution in [0.2, 0.25) is 0 Å². The average Bonchev–Trinajstić information content (AvgIpc) is 2.59. The van der Waals surface area contributed by atoms with Crippen LogP contribution in [0.1, 0.15) is 25.8 Å². The van der Waals surface area contributed by atoms with E-state index in [9.17, 15) is 18.4 Å². The van der Waals surface area contributed by atoms with Gasteiger partial charge >= 0.3 is 5.92 Å². The molecule has 1 spiro atoms. The molecule has 0 aromatic carbocycles. The number of alkyl halides is 2. The number of amides is 1. The Morgan fingerprint density at radius 3 is 2.62 bits per heavy atom. The molecule has 26 heavy (non-hydrogen) atoms. The highest BCUT2D eigenvalue weighted by Crippen LogP contribution is 2.41. The van der Waals surface area contributed by atoms with Crippen molar-refractivity contribution < 1.29 is 23.1 Å². The van der Waals surface area contributed by atoms with Gasteiger partial charge in [0.25, 0.3) is 5.91 Å². The van der Waals surface area contributed by atoms with Gasteiger partial charge in [0.15, 0.2) is 5.78 Å². The lowest BCUT2D eigenvalue weighted by atomic mass is 9.71. The molecule has 1 saturated heterocycles. The van der Waals surface area contributed by atoms with Crippen LogP contribution in [-0.4, -0.2) is 46.9 Å². The molecule has 140 valence electrons. The Hall–Kier alpha value is -2.35. The van der Waals surface area contributed by atoms with E-state index in [1.165, 1.54) is 18.5 Å². The molecule has 1 fully saturated rings. The Balaban J connectivity index is 1.87. The second-order valence-corrected chi connectivity index (χ2v) is 7.44. The first-order chi connectivity index (χ1) is 12.1. The Morgan fingerprint density at radius 1 is 1.35 bits per heavy atom. The van der Waals surface area contributed by atoms with Gasteiger partial charge in [-0.1, -0.05) is 13.8 Å². The monoisotopic (exact) mass is 365 g/mol. The number of ether oxygens (including phenoxy) is 1. The first-order valence-electron chi connectivity index (χ1n) is 8.32. The Morgan fingerprint density at radius 2 is 2.00 bits per heavy atom. The number of carbonyl (C=O) groups excluding carboxylic acids is 2. The fourth-order valence-electron chi connectivity index (χ4n) is 3.68. The predicted molar refractivity (Wildman–Crippen MR) is 89.1 cm³/mol. The van der Waals surface area contributed by atoms with Gasteiger partial charge in [0.1, 0.15) is 5.60 Å². The second kappa shape index (κ2) is 6.12. The van der Waals surface area contributed by atoms with Crippen LogP contribution < -0.4 is 5.73 Å². The summed E-state index contributed by atoms with van der Waals surface area (Å²) in [6.07, 6.45) is 4.17. The van der Waals surface area contributed by atoms with Crippen molar-refractivity contribution in [3.63, 3.8) is 0 Å². The van der Waals surface area contributed by atoms with Crippen LogP contribution >= 0.6 is 0 Å². The van der Waals surface area contributed by atoms with Crippen molar-refractivity contribution in [2.75, 3.05) is 19.7 Å². The van der Waals surface area contributed by atoms with Crippen LogP contribution in [0.3, 0.4) is 0 Å². The number of aromatic nitrogens is 1. The molecule has 1 unspecified atom stereocenters. The molecule has 2 heterocycles. The summed E-state index contributed by atoms with van der Waals surface area (Å²) in [4.78, 5) is 29.5. The van der Waals surface area contributed by atoms with E-state index in [4.69, 9.17) is 10.5 Å². The number of allylic oxidation sites excluding steroid dienone is 1. The SMILES string of the molecule is CC1(C)CC2(C=C(N)C1=O)CN(C(=O)C(F)(F)c1ccncc1)CCO2. The third kappa shape index (κ3) is 3.09. The van der Waals surface area contributed by atoms with Gasteiger partial charge in [-0.25, -0.2) is 0 Å². The quantitative estimate of drug-likeness (QED) is 0.861. The van der Waals surface area contributed by atoms with Gasteiger partial charge in [0.05, 0.1) is 18.8 Å². The van der Waals surface area contributed by atoms with Gasteiger partial charge in [0.2, 0.25) is 0 Å². The van der Waals surface area contributed by atoms with E-state index in [1.807, 2.05) is 0 Å². The predicted octanol–water partition coefficient (Wildman–Crippen LogP) is 1.61. The van der Waals surface area contributed by atoms with E-state index in [0.29, 0.717) is 0 Å². The maximum atomic E-state index is 14.6. The van der Waals surface area contributed by atoms with Gasteiger partial charge in [-0.3, -0.25) is 14.6 Å². The van der Waals surface area contributed by atoms with Crippen LogP contribution in [0.4, 0.5) is 8.78 Å². The normalized spacial score (nSPS) is 25.9. The Bertz CT molecular complexity index is 764. The number of ketones is 1. The summed E-state index contributed by atoms with van der Waals surface area (Å²) in [5, 5.41) is 0. The molecule has 2 N–H and O–H groups in total. The van der Waals surface area contributed by atoms with Crippen molar-refractivity contribution in [2.45, 2.75) is 31.8 Å². The van der Waals surface area contributed by atoms with E-state index in [-0.39, 0.29) is 37.6 Å². The minimum Gasteiger partial charge on any atom is -0.396 e. The molecular formula is C18H21F2N3O3. The van der Waals surface area contributed by atoms with E-state index in [0.717, 1.165) is 17.0 Å². The van der Waals surface area contributed by atoms with Crippen molar-refractivity contribution in [1.82, 2.24) is 9.88 Å².